The quantitative estimate of drug-likeness (QED) is 0.472. The van der Waals surface area contributed by atoms with E-state index in [9.17, 15) is 0 Å². The fourth-order valence-corrected chi connectivity index (χ4v) is 5.16. The summed E-state index contributed by atoms with van der Waals surface area (Å²) in [4.78, 5) is 1.23. The first-order valence-electron chi connectivity index (χ1n) is 7.83. The number of halogens is 1. The topological polar surface area (TPSA) is 56.3 Å². The van der Waals surface area contributed by atoms with E-state index >= 15 is 0 Å². The van der Waals surface area contributed by atoms with Crippen LogP contribution in [0.2, 0.25) is 4.34 Å². The van der Waals surface area contributed by atoms with Crippen LogP contribution in [0, 0.1) is 0 Å². The Kier molecular flexibility index (Phi) is 7.01. The Morgan fingerprint density at radius 2 is 1.92 bits per heavy atom. The highest BCUT2D eigenvalue weighted by molar-refractivity contribution is 8.00. The van der Waals surface area contributed by atoms with Crippen LogP contribution >= 0.6 is 46.0 Å². The van der Waals surface area contributed by atoms with Crippen LogP contribution in [0.4, 0.5) is 5.13 Å². The molecule has 0 radical (unpaired) electrons. The Morgan fingerprint density at radius 1 is 1.08 bits per heavy atom. The van der Waals surface area contributed by atoms with Crippen LogP contribution in [0.3, 0.4) is 0 Å². The second-order valence-electron chi connectivity index (χ2n) is 5.23. The molecule has 0 saturated heterocycles. The lowest BCUT2D eigenvalue weighted by atomic mass is 10.1. The molecule has 0 saturated carbocycles. The third-order valence-electron chi connectivity index (χ3n) is 3.51. The Balaban J connectivity index is 1.47. The second kappa shape index (κ2) is 9.45. The third-order valence-corrected chi connectivity index (χ3v) is 6.99. The number of nitrogens with zero attached hydrogens (tertiary/aromatic N) is 2. The monoisotopic (exact) mass is 427 g/mol. The molecule has 0 aliphatic heterocycles. The molecule has 1 aromatic carbocycles. The van der Waals surface area contributed by atoms with Crippen molar-refractivity contribution >= 4 is 51.2 Å². The Labute approximate surface area is 169 Å². The Morgan fingerprint density at radius 3 is 2.65 bits per heavy atom. The van der Waals surface area contributed by atoms with Crippen LogP contribution in [-0.2, 0) is 12.2 Å². The number of hydrogen-bond donors (Lipinski definition) is 1. The number of thioether (sulfide) groups is 1. The molecular weight excluding hydrogens is 410 g/mol. The van der Waals surface area contributed by atoms with Gasteiger partial charge in [-0.2, -0.15) is 0 Å². The van der Waals surface area contributed by atoms with Crippen LogP contribution in [0.1, 0.15) is 10.4 Å². The highest BCUT2D eigenvalue weighted by Crippen LogP contribution is 2.32. The van der Waals surface area contributed by atoms with Crippen molar-refractivity contribution in [3.05, 3.63) is 45.1 Å². The average Bonchev–Trinajstić information content (AvgIpc) is 3.28. The van der Waals surface area contributed by atoms with E-state index in [1.165, 1.54) is 10.4 Å². The molecule has 3 aromatic rings. The minimum atomic E-state index is 0.738. The van der Waals surface area contributed by atoms with Gasteiger partial charge in [-0.15, -0.1) is 21.5 Å². The number of benzene rings is 1. The van der Waals surface area contributed by atoms with Crippen LogP contribution in [0.5, 0.6) is 11.5 Å². The molecule has 0 aliphatic rings. The van der Waals surface area contributed by atoms with Crippen molar-refractivity contribution < 1.29 is 9.47 Å². The molecule has 0 fully saturated rings. The zero-order valence-electron chi connectivity index (χ0n) is 14.3. The van der Waals surface area contributed by atoms with Crippen LogP contribution < -0.4 is 14.8 Å². The summed E-state index contributed by atoms with van der Waals surface area (Å²) in [5, 5.41) is 12.6. The lowest BCUT2D eigenvalue weighted by molar-refractivity contribution is 0.354. The van der Waals surface area contributed by atoms with E-state index in [0.717, 1.165) is 44.0 Å². The van der Waals surface area contributed by atoms with E-state index < -0.39 is 0 Å². The first kappa shape index (κ1) is 19.3. The second-order valence-corrected chi connectivity index (χ2v) is 9.23. The maximum Gasteiger partial charge on any atom is 0.206 e. The Bertz CT molecular complexity index is 853. The van der Waals surface area contributed by atoms with Crippen LogP contribution in [0.25, 0.3) is 0 Å². The maximum absolute atomic E-state index is 5.95. The molecule has 2 aromatic heterocycles. The van der Waals surface area contributed by atoms with Gasteiger partial charge in [-0.05, 0) is 36.2 Å². The van der Waals surface area contributed by atoms with E-state index in [0.29, 0.717) is 0 Å². The van der Waals surface area contributed by atoms with Gasteiger partial charge in [-0.3, -0.25) is 0 Å². The van der Waals surface area contributed by atoms with Gasteiger partial charge in [0.25, 0.3) is 0 Å². The molecule has 138 valence electrons. The molecule has 0 spiro atoms. The molecule has 0 unspecified atom stereocenters. The summed E-state index contributed by atoms with van der Waals surface area (Å²) in [6.45, 7) is 0.773. The minimum Gasteiger partial charge on any atom is -0.493 e. The maximum atomic E-state index is 5.95. The summed E-state index contributed by atoms with van der Waals surface area (Å²) >= 11 is 10.8. The van der Waals surface area contributed by atoms with Crippen molar-refractivity contribution in [3.8, 4) is 11.5 Å². The van der Waals surface area contributed by atoms with Crippen LogP contribution in [-0.4, -0.2) is 31.0 Å². The van der Waals surface area contributed by atoms with Crippen molar-refractivity contribution in [2.75, 3.05) is 26.1 Å². The molecule has 0 amide bonds. The van der Waals surface area contributed by atoms with Crippen molar-refractivity contribution in [1.82, 2.24) is 10.2 Å². The lowest BCUT2D eigenvalue weighted by Crippen LogP contribution is -2.04. The molecule has 2 heterocycles. The summed E-state index contributed by atoms with van der Waals surface area (Å²) in [5.74, 6) is 2.34. The molecule has 26 heavy (non-hydrogen) atoms. The lowest BCUT2D eigenvalue weighted by Gasteiger charge is -2.09. The van der Waals surface area contributed by atoms with E-state index in [-0.39, 0.29) is 0 Å². The number of thiophene rings is 1. The van der Waals surface area contributed by atoms with Gasteiger partial charge in [0.2, 0.25) is 5.13 Å². The predicted octanol–water partition coefficient (Wildman–Crippen LogP) is 5.22. The van der Waals surface area contributed by atoms with Crippen molar-refractivity contribution in [1.29, 1.82) is 0 Å². The zero-order valence-corrected chi connectivity index (χ0v) is 17.5. The van der Waals surface area contributed by atoms with E-state index in [1.807, 2.05) is 30.3 Å². The highest BCUT2D eigenvalue weighted by Gasteiger charge is 2.07. The van der Waals surface area contributed by atoms with Gasteiger partial charge >= 0.3 is 0 Å². The normalized spacial score (nSPS) is 10.7. The van der Waals surface area contributed by atoms with Gasteiger partial charge in [0.15, 0.2) is 15.8 Å². The summed E-state index contributed by atoms with van der Waals surface area (Å²) < 4.78 is 12.4. The molecule has 0 atom stereocenters. The summed E-state index contributed by atoms with van der Waals surface area (Å²) in [6.07, 6.45) is 0.857. The van der Waals surface area contributed by atoms with Gasteiger partial charge in [0.05, 0.1) is 18.6 Å². The van der Waals surface area contributed by atoms with Gasteiger partial charge < -0.3 is 14.8 Å². The zero-order chi connectivity index (χ0) is 18.4. The van der Waals surface area contributed by atoms with Crippen molar-refractivity contribution in [2.24, 2.45) is 0 Å². The van der Waals surface area contributed by atoms with Gasteiger partial charge in [-0.25, -0.2) is 0 Å². The smallest absolute Gasteiger partial charge is 0.206 e. The molecule has 0 aliphatic carbocycles. The van der Waals surface area contributed by atoms with E-state index in [4.69, 9.17) is 21.1 Å². The highest BCUT2D eigenvalue weighted by atomic mass is 35.5. The van der Waals surface area contributed by atoms with Crippen molar-refractivity contribution in [2.45, 2.75) is 16.5 Å². The van der Waals surface area contributed by atoms with Gasteiger partial charge in [0, 0.05) is 17.2 Å². The molecule has 9 heteroatoms. The number of rotatable bonds is 9. The Hall–Kier alpha value is -1.48. The third kappa shape index (κ3) is 5.26. The summed E-state index contributed by atoms with van der Waals surface area (Å²) in [5.41, 5.74) is 1.17. The average molecular weight is 428 g/mol. The standard InChI is InChI=1S/C17H18ClN3O2S3/c1-22-13-5-3-11(9-14(13)23-2)7-8-19-16-20-21-17(26-16)24-10-12-4-6-15(18)25-12/h3-6,9H,7-8,10H2,1-2H3,(H,19,20). The molecule has 1 N–H and O–H groups in total. The van der Waals surface area contributed by atoms with Crippen LogP contribution in [0.15, 0.2) is 34.7 Å². The number of ether oxygens (including phenoxy) is 2. The summed E-state index contributed by atoms with van der Waals surface area (Å²) in [6, 6.07) is 9.92. The molecular formula is C17H18ClN3O2S3. The number of hydrogen-bond acceptors (Lipinski definition) is 8. The number of nitrogens with one attached hydrogen (secondary N) is 1. The fourth-order valence-electron chi connectivity index (χ4n) is 2.25. The van der Waals surface area contributed by atoms with Crippen molar-refractivity contribution in [3.63, 3.8) is 0 Å². The first-order chi connectivity index (χ1) is 12.7. The number of anilines is 1. The van der Waals surface area contributed by atoms with E-state index in [2.05, 4.69) is 15.5 Å². The minimum absolute atomic E-state index is 0.738. The molecule has 5 nitrogen and oxygen atoms in total. The predicted molar refractivity (Wildman–Crippen MR) is 111 cm³/mol. The SMILES string of the molecule is COc1ccc(CCNc2nnc(SCc3ccc(Cl)s3)s2)cc1OC. The largest absolute Gasteiger partial charge is 0.493 e. The molecule has 0 bridgehead atoms. The van der Waals surface area contributed by atoms with E-state index in [1.54, 1.807) is 48.7 Å². The fraction of sp³-hybridized carbons (Fsp3) is 0.294. The van der Waals surface area contributed by atoms with Gasteiger partial charge in [-0.1, -0.05) is 40.8 Å². The first-order valence-corrected chi connectivity index (χ1v) is 10.8. The summed E-state index contributed by atoms with van der Waals surface area (Å²) in [7, 11) is 3.28. The number of methoxy groups -OCH3 is 2. The van der Waals surface area contributed by atoms with Gasteiger partial charge in [0.1, 0.15) is 0 Å². The molecule has 3 rings (SSSR count). The number of aromatic nitrogens is 2.